The minimum absolute atomic E-state index is 0.00311. The van der Waals surface area contributed by atoms with Gasteiger partial charge in [-0.15, -0.1) is 5.10 Å². The van der Waals surface area contributed by atoms with Crippen molar-refractivity contribution < 1.29 is 13.2 Å². The van der Waals surface area contributed by atoms with Crippen LogP contribution in [-0.4, -0.2) is 82.8 Å². The lowest BCUT2D eigenvalue weighted by atomic mass is 10.1. The van der Waals surface area contributed by atoms with Crippen LogP contribution in [0.25, 0.3) is 11.0 Å². The largest absolute Gasteiger partial charge is 0.336 e. The Morgan fingerprint density at radius 3 is 2.65 bits per heavy atom. The third kappa shape index (κ3) is 3.21. The molecule has 1 amide bonds. The van der Waals surface area contributed by atoms with Crippen molar-refractivity contribution in [3.63, 3.8) is 0 Å². The van der Waals surface area contributed by atoms with Crippen LogP contribution >= 0.6 is 0 Å². The van der Waals surface area contributed by atoms with Crippen LogP contribution < -0.4 is 0 Å². The number of rotatable bonds is 3. The quantitative estimate of drug-likeness (QED) is 0.769. The van der Waals surface area contributed by atoms with Gasteiger partial charge >= 0.3 is 0 Å². The van der Waals surface area contributed by atoms with Gasteiger partial charge in [-0.1, -0.05) is 5.21 Å². The first-order valence-electron chi connectivity index (χ1n) is 9.04. The van der Waals surface area contributed by atoms with Gasteiger partial charge in [0, 0.05) is 44.3 Å². The molecule has 9 heteroatoms. The van der Waals surface area contributed by atoms with Crippen LogP contribution in [0, 0.1) is 0 Å². The van der Waals surface area contributed by atoms with Gasteiger partial charge in [-0.05, 0) is 31.5 Å². The molecule has 2 fully saturated rings. The highest BCUT2D eigenvalue weighted by Crippen LogP contribution is 2.20. The molecule has 4 rings (SSSR count). The normalized spacial score (nSPS) is 23.6. The topological polar surface area (TPSA) is 88.4 Å². The van der Waals surface area contributed by atoms with E-state index >= 15 is 0 Å². The summed E-state index contributed by atoms with van der Waals surface area (Å²) in [6.45, 7) is 5.43. The Morgan fingerprint density at radius 1 is 1.23 bits per heavy atom. The van der Waals surface area contributed by atoms with E-state index in [1.807, 2.05) is 24.0 Å². The molecule has 0 unspecified atom stereocenters. The molecule has 2 saturated heterocycles. The summed E-state index contributed by atoms with van der Waals surface area (Å²) in [6, 6.07) is 5.63. The van der Waals surface area contributed by atoms with Crippen LogP contribution in [-0.2, 0) is 16.4 Å². The lowest BCUT2D eigenvalue weighted by molar-refractivity contribution is 0.0588. The smallest absolute Gasteiger partial charge is 0.254 e. The number of amides is 1. The number of aromatic nitrogens is 3. The van der Waals surface area contributed by atoms with Crippen molar-refractivity contribution in [1.82, 2.24) is 24.8 Å². The maximum Gasteiger partial charge on any atom is 0.254 e. The van der Waals surface area contributed by atoms with Crippen LogP contribution in [0.1, 0.15) is 23.7 Å². The van der Waals surface area contributed by atoms with Crippen molar-refractivity contribution in [3.05, 3.63) is 23.8 Å². The summed E-state index contributed by atoms with van der Waals surface area (Å²) in [4.78, 5) is 16.9. The lowest BCUT2D eigenvalue weighted by Gasteiger charge is -2.37. The van der Waals surface area contributed by atoms with E-state index < -0.39 is 9.84 Å². The first-order valence-corrected chi connectivity index (χ1v) is 10.9. The molecule has 1 aromatic heterocycles. The lowest BCUT2D eigenvalue weighted by Crippen LogP contribution is -2.52. The number of nitrogens with zero attached hydrogens (tertiary/aromatic N) is 5. The number of carbonyl (C=O) groups excluding carboxylic acids is 1. The average molecular weight is 377 g/mol. The number of fused-ring (bicyclic) bond motifs is 1. The minimum atomic E-state index is -2.88. The predicted octanol–water partition coefficient (Wildman–Crippen LogP) is 0.396. The average Bonchev–Trinajstić information content (AvgIpc) is 3.23. The second-order valence-electron chi connectivity index (χ2n) is 6.99. The Kier molecular flexibility index (Phi) is 4.44. The molecule has 3 heterocycles. The van der Waals surface area contributed by atoms with Crippen LogP contribution in [0.5, 0.6) is 0 Å². The van der Waals surface area contributed by atoms with E-state index in [4.69, 9.17) is 0 Å². The summed E-state index contributed by atoms with van der Waals surface area (Å²) in [6.07, 6.45) is 0.708. The molecule has 0 spiro atoms. The predicted molar refractivity (Wildman–Crippen MR) is 97.7 cm³/mol. The Hall–Kier alpha value is -2.00. The van der Waals surface area contributed by atoms with Crippen LogP contribution in [0.4, 0.5) is 0 Å². The highest BCUT2D eigenvalue weighted by atomic mass is 32.2. The third-order valence-corrected chi connectivity index (χ3v) is 7.14. The first-order chi connectivity index (χ1) is 12.5. The summed E-state index contributed by atoms with van der Waals surface area (Å²) in [5.41, 5.74) is 2.28. The van der Waals surface area contributed by atoms with Crippen molar-refractivity contribution in [2.24, 2.45) is 0 Å². The van der Waals surface area contributed by atoms with Crippen molar-refractivity contribution in [2.75, 3.05) is 37.7 Å². The summed E-state index contributed by atoms with van der Waals surface area (Å²) < 4.78 is 25.1. The molecule has 26 heavy (non-hydrogen) atoms. The Morgan fingerprint density at radius 2 is 2.00 bits per heavy atom. The molecule has 0 aliphatic carbocycles. The van der Waals surface area contributed by atoms with Gasteiger partial charge in [0.1, 0.15) is 5.52 Å². The van der Waals surface area contributed by atoms with Crippen molar-refractivity contribution in [1.29, 1.82) is 0 Å². The number of aryl methyl sites for hydroxylation is 1. The van der Waals surface area contributed by atoms with Gasteiger partial charge < -0.3 is 4.90 Å². The maximum absolute atomic E-state index is 12.8. The summed E-state index contributed by atoms with van der Waals surface area (Å²) in [7, 11) is -2.88. The van der Waals surface area contributed by atoms with E-state index in [0.717, 1.165) is 30.7 Å². The maximum atomic E-state index is 12.8. The van der Waals surface area contributed by atoms with E-state index in [0.29, 0.717) is 25.1 Å². The SMILES string of the molecule is CCn1nnc2cc(C(=O)N3CCN([C@@H]4CCS(=O)(=O)C4)CC3)ccc21. The standard InChI is InChI=1S/C17H23N5O3S/c1-2-22-16-4-3-13(11-15(16)18-19-22)17(23)21-8-6-20(7-9-21)14-5-10-26(24,25)12-14/h3-4,11,14H,2,5-10,12H2,1H3/t14-/m1/s1. The van der Waals surface area contributed by atoms with Gasteiger partial charge in [0.2, 0.25) is 0 Å². The Bertz CT molecular complexity index is 931. The van der Waals surface area contributed by atoms with E-state index in [1.54, 1.807) is 10.7 Å². The molecule has 0 saturated carbocycles. The number of hydrogen-bond acceptors (Lipinski definition) is 6. The van der Waals surface area contributed by atoms with Gasteiger partial charge in [-0.3, -0.25) is 9.69 Å². The molecule has 0 radical (unpaired) electrons. The van der Waals surface area contributed by atoms with E-state index in [2.05, 4.69) is 15.2 Å². The second-order valence-corrected chi connectivity index (χ2v) is 9.22. The zero-order valence-electron chi connectivity index (χ0n) is 14.8. The zero-order valence-corrected chi connectivity index (χ0v) is 15.7. The van der Waals surface area contributed by atoms with Gasteiger partial charge in [-0.2, -0.15) is 0 Å². The Labute approximate surface area is 152 Å². The van der Waals surface area contributed by atoms with Crippen molar-refractivity contribution in [3.8, 4) is 0 Å². The molecule has 0 N–H and O–H groups in total. The summed E-state index contributed by atoms with van der Waals surface area (Å²) in [5.74, 6) is 0.539. The van der Waals surface area contributed by atoms with Crippen molar-refractivity contribution >= 4 is 26.8 Å². The number of piperazine rings is 1. The first kappa shape index (κ1) is 17.4. The molecule has 2 aliphatic rings. The number of benzene rings is 1. The van der Waals surface area contributed by atoms with E-state index in [1.165, 1.54) is 0 Å². The molecular formula is C17H23N5O3S. The fourth-order valence-electron chi connectivity index (χ4n) is 3.87. The fraction of sp³-hybridized carbons (Fsp3) is 0.588. The van der Waals surface area contributed by atoms with Gasteiger partial charge in [0.15, 0.2) is 9.84 Å². The highest BCUT2D eigenvalue weighted by molar-refractivity contribution is 7.91. The Balaban J connectivity index is 1.42. The summed E-state index contributed by atoms with van der Waals surface area (Å²) in [5, 5.41) is 8.21. The number of carbonyl (C=O) groups is 1. The second kappa shape index (κ2) is 6.62. The number of hydrogen-bond donors (Lipinski definition) is 0. The van der Waals surface area contributed by atoms with E-state index in [9.17, 15) is 13.2 Å². The fourth-order valence-corrected chi connectivity index (χ4v) is 5.64. The molecule has 1 atom stereocenters. The van der Waals surface area contributed by atoms with Gasteiger partial charge in [0.05, 0.1) is 17.0 Å². The monoisotopic (exact) mass is 377 g/mol. The zero-order chi connectivity index (χ0) is 18.3. The molecule has 1 aromatic carbocycles. The van der Waals surface area contributed by atoms with Crippen LogP contribution in [0.2, 0.25) is 0 Å². The molecule has 8 nitrogen and oxygen atoms in total. The molecule has 140 valence electrons. The van der Waals surface area contributed by atoms with E-state index in [-0.39, 0.29) is 23.5 Å². The van der Waals surface area contributed by atoms with Gasteiger partial charge in [0.25, 0.3) is 5.91 Å². The molecule has 0 bridgehead atoms. The van der Waals surface area contributed by atoms with Crippen LogP contribution in [0.15, 0.2) is 18.2 Å². The summed E-state index contributed by atoms with van der Waals surface area (Å²) >= 11 is 0. The number of sulfone groups is 1. The molecule has 2 aromatic rings. The highest BCUT2D eigenvalue weighted by Gasteiger charge is 2.34. The third-order valence-electron chi connectivity index (χ3n) is 5.39. The molecule has 2 aliphatic heterocycles. The van der Waals surface area contributed by atoms with Crippen LogP contribution in [0.3, 0.4) is 0 Å². The van der Waals surface area contributed by atoms with Crippen molar-refractivity contribution in [2.45, 2.75) is 25.9 Å². The minimum Gasteiger partial charge on any atom is -0.336 e. The van der Waals surface area contributed by atoms with Gasteiger partial charge in [-0.25, -0.2) is 13.1 Å². The molecular weight excluding hydrogens is 354 g/mol.